The Balaban J connectivity index is 1.15. The first-order valence-corrected chi connectivity index (χ1v) is 19.4. The van der Waals surface area contributed by atoms with Gasteiger partial charge >= 0.3 is 5.97 Å². The van der Waals surface area contributed by atoms with Crippen LogP contribution in [0, 0.1) is 0 Å². The summed E-state index contributed by atoms with van der Waals surface area (Å²) in [4.78, 5) is 28.3. The van der Waals surface area contributed by atoms with Gasteiger partial charge in [0.2, 0.25) is 16.0 Å². The second kappa shape index (κ2) is 17.4. The van der Waals surface area contributed by atoms with Gasteiger partial charge in [-0.25, -0.2) is 13.4 Å². The number of esters is 1. The number of unbranched alkanes of at least 4 members (excludes halogenated alkanes) is 1. The second-order valence-electron chi connectivity index (χ2n) is 12.7. The lowest BCUT2D eigenvalue weighted by Gasteiger charge is -2.43. The summed E-state index contributed by atoms with van der Waals surface area (Å²) in [6, 6.07) is 13.6. The van der Waals surface area contributed by atoms with E-state index in [0.717, 1.165) is 83.4 Å². The Morgan fingerprint density at radius 2 is 1.78 bits per heavy atom. The molecule has 5 rings (SSSR count). The van der Waals surface area contributed by atoms with Crippen LogP contribution in [0.1, 0.15) is 39.0 Å². The van der Waals surface area contributed by atoms with E-state index in [0.29, 0.717) is 53.6 Å². The fraction of sp³-hybridized carbons (Fsp3) is 0.514. The molecule has 2 aliphatic rings. The third kappa shape index (κ3) is 9.89. The van der Waals surface area contributed by atoms with Crippen molar-refractivity contribution in [3.8, 4) is 5.75 Å². The standard InChI is InChI=1S/C35H49ClN8O5S/c1-5-6-23-49-33(45)15-16-42-19-21-44(22-20-42)26-13-17-43(18-14-26)27-11-12-30(32(24-27)48-3)39-35-37-25-28(36)34(40-35)38-29-9-7-8-10-31(29)41(2)50(4,46)47/h7-12,24-26H,5-6,13-23H2,1-4H3,(H2,37,38,39,40). The predicted molar refractivity (Wildman–Crippen MR) is 200 cm³/mol. The van der Waals surface area contributed by atoms with Crippen LogP contribution in [0.15, 0.2) is 48.7 Å². The molecule has 50 heavy (non-hydrogen) atoms. The molecule has 0 bridgehead atoms. The summed E-state index contributed by atoms with van der Waals surface area (Å²) >= 11 is 6.45. The number of aromatic nitrogens is 2. The largest absolute Gasteiger partial charge is 0.494 e. The average Bonchev–Trinajstić information content (AvgIpc) is 3.12. The Bertz CT molecular complexity index is 1700. The third-order valence-corrected chi connectivity index (χ3v) is 10.8. The summed E-state index contributed by atoms with van der Waals surface area (Å²) in [7, 11) is -0.358. The van der Waals surface area contributed by atoms with E-state index in [2.05, 4.69) is 48.3 Å². The van der Waals surface area contributed by atoms with Crippen molar-refractivity contribution in [2.45, 2.75) is 45.1 Å². The molecule has 2 aromatic carbocycles. The highest BCUT2D eigenvalue weighted by Gasteiger charge is 2.28. The second-order valence-corrected chi connectivity index (χ2v) is 15.1. The van der Waals surface area contributed by atoms with Gasteiger partial charge in [-0.15, -0.1) is 0 Å². The highest BCUT2D eigenvalue weighted by atomic mass is 35.5. The molecule has 2 N–H and O–H groups in total. The Labute approximate surface area is 300 Å². The lowest BCUT2D eigenvalue weighted by Crippen LogP contribution is -2.53. The number of nitrogens with one attached hydrogen (secondary N) is 2. The summed E-state index contributed by atoms with van der Waals surface area (Å²) in [5.41, 5.74) is 2.77. The van der Waals surface area contributed by atoms with Crippen LogP contribution < -0.4 is 24.6 Å². The van der Waals surface area contributed by atoms with E-state index in [4.69, 9.17) is 21.1 Å². The third-order valence-electron chi connectivity index (χ3n) is 9.32. The molecular weight excluding hydrogens is 680 g/mol. The van der Waals surface area contributed by atoms with Gasteiger partial charge in [-0.3, -0.25) is 14.0 Å². The molecule has 0 amide bonds. The Morgan fingerprint density at radius 1 is 1.04 bits per heavy atom. The molecule has 2 saturated heterocycles. The highest BCUT2D eigenvalue weighted by Crippen LogP contribution is 2.35. The Hall–Kier alpha value is -3.85. The van der Waals surface area contributed by atoms with Crippen LogP contribution in [-0.4, -0.2) is 113 Å². The maximum atomic E-state index is 12.2. The number of carbonyl (C=O) groups excluding carboxylic acids is 1. The van der Waals surface area contributed by atoms with Gasteiger partial charge in [0.05, 0.1) is 49.7 Å². The topological polar surface area (TPSA) is 132 Å². The molecule has 2 fully saturated rings. The number of ether oxygens (including phenoxy) is 2. The summed E-state index contributed by atoms with van der Waals surface area (Å²) in [5.74, 6) is 1.18. The minimum atomic E-state index is -3.48. The maximum absolute atomic E-state index is 12.2. The SMILES string of the molecule is CCCCOC(=O)CCN1CCN(C2CCN(c3ccc(Nc4ncc(Cl)c(Nc5ccccc5N(C)S(C)(=O)=O)n4)c(OC)c3)CC2)CC1. The van der Waals surface area contributed by atoms with Crippen molar-refractivity contribution < 1.29 is 22.7 Å². The number of carbonyl (C=O) groups is 1. The molecule has 0 aliphatic carbocycles. The van der Waals surface area contributed by atoms with E-state index < -0.39 is 10.0 Å². The number of para-hydroxylation sites is 2. The summed E-state index contributed by atoms with van der Waals surface area (Å²) in [6.07, 6.45) is 7.22. The molecular formula is C35H49ClN8O5S. The van der Waals surface area contributed by atoms with Crippen molar-refractivity contribution in [1.29, 1.82) is 0 Å². The maximum Gasteiger partial charge on any atom is 0.307 e. The quantitative estimate of drug-likeness (QED) is 0.155. The number of benzene rings is 2. The highest BCUT2D eigenvalue weighted by molar-refractivity contribution is 7.92. The predicted octanol–water partition coefficient (Wildman–Crippen LogP) is 5.34. The molecule has 2 aliphatic heterocycles. The molecule has 0 atom stereocenters. The van der Waals surface area contributed by atoms with Crippen molar-refractivity contribution in [2.75, 3.05) is 92.7 Å². The number of methoxy groups -OCH3 is 1. The number of halogens is 1. The van der Waals surface area contributed by atoms with Gasteiger partial charge < -0.3 is 29.9 Å². The van der Waals surface area contributed by atoms with E-state index in [9.17, 15) is 13.2 Å². The molecule has 3 aromatic rings. The lowest BCUT2D eigenvalue weighted by molar-refractivity contribution is -0.144. The van der Waals surface area contributed by atoms with Crippen molar-refractivity contribution in [3.05, 3.63) is 53.7 Å². The van der Waals surface area contributed by atoms with Gasteiger partial charge in [-0.05, 0) is 43.5 Å². The van der Waals surface area contributed by atoms with Gasteiger partial charge in [-0.2, -0.15) is 4.98 Å². The molecule has 0 saturated carbocycles. The van der Waals surface area contributed by atoms with E-state index >= 15 is 0 Å². The van der Waals surface area contributed by atoms with Crippen LogP contribution in [0.5, 0.6) is 5.75 Å². The van der Waals surface area contributed by atoms with E-state index in [1.54, 1.807) is 31.4 Å². The minimum absolute atomic E-state index is 0.0888. The number of hydrogen-bond acceptors (Lipinski definition) is 12. The first-order chi connectivity index (χ1) is 24.0. The zero-order valence-corrected chi connectivity index (χ0v) is 31.0. The minimum Gasteiger partial charge on any atom is -0.494 e. The number of rotatable bonds is 15. The molecule has 1 aromatic heterocycles. The Kier molecular flexibility index (Phi) is 13.0. The smallest absolute Gasteiger partial charge is 0.307 e. The number of sulfonamides is 1. The zero-order chi connectivity index (χ0) is 35.7. The molecule has 0 unspecified atom stereocenters. The average molecular weight is 729 g/mol. The molecule has 0 radical (unpaired) electrons. The summed E-state index contributed by atoms with van der Waals surface area (Å²) in [6.45, 7) is 9.32. The van der Waals surface area contributed by atoms with Crippen molar-refractivity contribution in [3.63, 3.8) is 0 Å². The van der Waals surface area contributed by atoms with Crippen LogP contribution in [0.2, 0.25) is 5.02 Å². The van der Waals surface area contributed by atoms with Crippen LogP contribution in [0.3, 0.4) is 0 Å². The molecule has 15 heteroatoms. The molecule has 272 valence electrons. The Morgan fingerprint density at radius 3 is 2.48 bits per heavy atom. The first-order valence-electron chi connectivity index (χ1n) is 17.2. The summed E-state index contributed by atoms with van der Waals surface area (Å²) < 4.78 is 36.7. The zero-order valence-electron chi connectivity index (χ0n) is 29.4. The fourth-order valence-corrected chi connectivity index (χ4v) is 6.92. The van der Waals surface area contributed by atoms with Crippen molar-refractivity contribution >= 4 is 62.1 Å². The fourth-order valence-electron chi connectivity index (χ4n) is 6.27. The van der Waals surface area contributed by atoms with Gasteiger partial charge in [-0.1, -0.05) is 37.1 Å². The molecule has 3 heterocycles. The number of piperidine rings is 1. The van der Waals surface area contributed by atoms with Crippen LogP contribution in [-0.2, 0) is 19.6 Å². The molecule has 13 nitrogen and oxygen atoms in total. The van der Waals surface area contributed by atoms with E-state index in [1.165, 1.54) is 17.5 Å². The molecule has 0 spiro atoms. The van der Waals surface area contributed by atoms with Crippen LogP contribution in [0.25, 0.3) is 0 Å². The van der Waals surface area contributed by atoms with Gasteiger partial charge in [0.1, 0.15) is 10.8 Å². The summed E-state index contributed by atoms with van der Waals surface area (Å²) in [5, 5.41) is 6.68. The van der Waals surface area contributed by atoms with E-state index in [1.807, 2.05) is 12.1 Å². The first kappa shape index (κ1) is 37.4. The van der Waals surface area contributed by atoms with Crippen molar-refractivity contribution in [2.24, 2.45) is 0 Å². The number of anilines is 6. The number of piperazine rings is 1. The lowest BCUT2D eigenvalue weighted by atomic mass is 10.0. The van der Waals surface area contributed by atoms with E-state index in [-0.39, 0.29) is 11.0 Å². The monoisotopic (exact) mass is 728 g/mol. The number of hydrogen-bond donors (Lipinski definition) is 2. The van der Waals surface area contributed by atoms with Crippen molar-refractivity contribution in [1.82, 2.24) is 19.8 Å². The number of nitrogens with zero attached hydrogens (tertiary/aromatic N) is 6. The van der Waals surface area contributed by atoms with Gasteiger partial charge in [0.25, 0.3) is 0 Å². The van der Waals surface area contributed by atoms with Crippen LogP contribution >= 0.6 is 11.6 Å². The van der Waals surface area contributed by atoms with Gasteiger partial charge in [0, 0.05) is 70.7 Å². The normalized spacial score (nSPS) is 16.2. The van der Waals surface area contributed by atoms with Crippen LogP contribution in [0.4, 0.5) is 34.5 Å². The van der Waals surface area contributed by atoms with Gasteiger partial charge in [0.15, 0.2) is 5.82 Å².